The van der Waals surface area contributed by atoms with E-state index in [-0.39, 0.29) is 17.6 Å². The Kier molecular flexibility index (Phi) is 3.38. The van der Waals surface area contributed by atoms with E-state index in [1.165, 1.54) is 0 Å². The molecule has 1 aliphatic rings. The Bertz CT molecular complexity index is 376. The average Bonchev–Trinajstić information content (AvgIpc) is 2.24. The summed E-state index contributed by atoms with van der Waals surface area (Å²) in [6, 6.07) is 8.11. The van der Waals surface area contributed by atoms with Crippen molar-refractivity contribution in [3.63, 3.8) is 0 Å². The number of halogens is 1. The monoisotopic (exact) mass is 284 g/mol. The van der Waals surface area contributed by atoms with Crippen LogP contribution in [0.3, 0.4) is 0 Å². The molecule has 1 N–H and O–H groups in total. The maximum Gasteiger partial charge on any atom is 0.0721 e. The summed E-state index contributed by atoms with van der Waals surface area (Å²) in [6.07, 6.45) is 0.697. The number of hydrogen-bond acceptors (Lipinski definition) is 2. The van der Waals surface area contributed by atoms with Crippen molar-refractivity contribution in [3.05, 3.63) is 34.3 Å². The highest BCUT2D eigenvalue weighted by atomic mass is 79.9. The van der Waals surface area contributed by atoms with Crippen molar-refractivity contribution in [2.45, 2.75) is 39.1 Å². The minimum Gasteiger partial charge on any atom is -0.392 e. The second-order valence-corrected chi connectivity index (χ2v) is 5.92. The van der Waals surface area contributed by atoms with Gasteiger partial charge in [-0.25, -0.2) is 0 Å². The zero-order valence-corrected chi connectivity index (χ0v) is 11.2. The normalized spacial score (nSPS) is 27.5. The summed E-state index contributed by atoms with van der Waals surface area (Å²) in [4.78, 5) is 0. The topological polar surface area (TPSA) is 29.5 Å². The zero-order chi connectivity index (χ0) is 11.8. The van der Waals surface area contributed by atoms with Crippen LogP contribution in [-0.4, -0.2) is 17.3 Å². The van der Waals surface area contributed by atoms with E-state index in [4.69, 9.17) is 4.74 Å². The third-order valence-corrected chi connectivity index (χ3v) is 3.96. The molecule has 16 heavy (non-hydrogen) atoms. The van der Waals surface area contributed by atoms with Crippen LogP contribution in [0.25, 0.3) is 0 Å². The Labute approximate surface area is 105 Å². The van der Waals surface area contributed by atoms with Gasteiger partial charge in [-0.05, 0) is 17.7 Å². The molecule has 1 fully saturated rings. The van der Waals surface area contributed by atoms with Crippen molar-refractivity contribution >= 4 is 15.9 Å². The number of benzene rings is 1. The largest absolute Gasteiger partial charge is 0.392 e. The fourth-order valence-corrected chi connectivity index (χ4v) is 2.42. The molecule has 0 spiro atoms. The molecule has 88 valence electrons. The summed E-state index contributed by atoms with van der Waals surface area (Å²) in [5, 5.41) is 9.60. The summed E-state index contributed by atoms with van der Waals surface area (Å²) < 4.78 is 6.89. The van der Waals surface area contributed by atoms with E-state index in [2.05, 4.69) is 22.0 Å². The molecule has 0 saturated heterocycles. The predicted molar refractivity (Wildman–Crippen MR) is 67.1 cm³/mol. The Morgan fingerprint density at radius 1 is 1.50 bits per heavy atom. The van der Waals surface area contributed by atoms with Crippen LogP contribution in [-0.2, 0) is 11.3 Å². The molecule has 2 unspecified atom stereocenters. The van der Waals surface area contributed by atoms with Gasteiger partial charge >= 0.3 is 0 Å². The molecule has 3 heteroatoms. The summed E-state index contributed by atoms with van der Waals surface area (Å²) in [5.41, 5.74) is 1.05. The van der Waals surface area contributed by atoms with Crippen molar-refractivity contribution in [3.8, 4) is 0 Å². The zero-order valence-electron chi connectivity index (χ0n) is 9.61. The molecule has 2 nitrogen and oxygen atoms in total. The second kappa shape index (κ2) is 4.47. The van der Waals surface area contributed by atoms with Gasteiger partial charge in [0.25, 0.3) is 0 Å². The third-order valence-electron chi connectivity index (χ3n) is 3.47. The lowest BCUT2D eigenvalue weighted by molar-refractivity contribution is -0.179. The van der Waals surface area contributed by atoms with Gasteiger partial charge < -0.3 is 9.84 Å². The second-order valence-electron chi connectivity index (χ2n) is 5.00. The van der Waals surface area contributed by atoms with Crippen molar-refractivity contribution in [1.29, 1.82) is 0 Å². The molecule has 1 saturated carbocycles. The van der Waals surface area contributed by atoms with E-state index in [0.717, 1.165) is 16.5 Å². The maximum absolute atomic E-state index is 9.60. The van der Waals surface area contributed by atoms with Crippen molar-refractivity contribution < 1.29 is 9.84 Å². The van der Waals surface area contributed by atoms with E-state index in [0.29, 0.717) is 6.61 Å². The van der Waals surface area contributed by atoms with Crippen LogP contribution in [0, 0.1) is 5.41 Å². The highest BCUT2D eigenvalue weighted by Crippen LogP contribution is 2.42. The third kappa shape index (κ3) is 2.31. The van der Waals surface area contributed by atoms with Gasteiger partial charge in [0.2, 0.25) is 0 Å². The smallest absolute Gasteiger partial charge is 0.0721 e. The SMILES string of the molecule is CC1(C)C(O)CC1OCc1cccc(Br)c1. The van der Waals surface area contributed by atoms with E-state index in [1.807, 2.05) is 32.0 Å². The molecule has 2 rings (SSSR count). The number of rotatable bonds is 3. The Morgan fingerprint density at radius 3 is 2.81 bits per heavy atom. The Morgan fingerprint density at radius 2 is 2.25 bits per heavy atom. The standard InChI is InChI=1S/C13H17BrO2/c1-13(2)11(15)7-12(13)16-8-9-4-3-5-10(14)6-9/h3-6,11-12,15H,7-8H2,1-2H3. The molecule has 1 aromatic rings. The van der Waals surface area contributed by atoms with Gasteiger partial charge in [-0.15, -0.1) is 0 Å². The van der Waals surface area contributed by atoms with Gasteiger partial charge in [0, 0.05) is 16.3 Å². The molecule has 1 aliphatic carbocycles. The minimum atomic E-state index is -0.222. The molecular formula is C13H17BrO2. The van der Waals surface area contributed by atoms with E-state index in [1.54, 1.807) is 0 Å². The molecule has 1 aromatic carbocycles. The van der Waals surface area contributed by atoms with Crippen LogP contribution >= 0.6 is 15.9 Å². The van der Waals surface area contributed by atoms with Crippen LogP contribution < -0.4 is 0 Å². The van der Waals surface area contributed by atoms with Gasteiger partial charge in [0.05, 0.1) is 18.8 Å². The summed E-state index contributed by atoms with van der Waals surface area (Å²) in [7, 11) is 0. The first-order valence-corrected chi connectivity index (χ1v) is 6.33. The van der Waals surface area contributed by atoms with Gasteiger partial charge in [-0.3, -0.25) is 0 Å². The van der Waals surface area contributed by atoms with E-state index in [9.17, 15) is 5.11 Å². The lowest BCUT2D eigenvalue weighted by Gasteiger charge is -2.48. The minimum absolute atomic E-state index is 0.105. The Balaban J connectivity index is 1.89. The van der Waals surface area contributed by atoms with Crippen LogP contribution in [0.4, 0.5) is 0 Å². The lowest BCUT2D eigenvalue weighted by Crippen LogP contribution is -2.54. The first kappa shape index (κ1) is 12.1. The quantitative estimate of drug-likeness (QED) is 0.924. The maximum atomic E-state index is 9.60. The molecule has 2 atom stereocenters. The van der Waals surface area contributed by atoms with E-state index < -0.39 is 0 Å². The summed E-state index contributed by atoms with van der Waals surface area (Å²) in [5.74, 6) is 0. The molecule has 0 bridgehead atoms. The number of aliphatic hydroxyl groups is 1. The highest BCUT2D eigenvalue weighted by molar-refractivity contribution is 9.10. The lowest BCUT2D eigenvalue weighted by atomic mass is 9.66. The fraction of sp³-hybridized carbons (Fsp3) is 0.538. The average molecular weight is 285 g/mol. The highest BCUT2D eigenvalue weighted by Gasteiger charge is 2.48. The number of hydrogen-bond donors (Lipinski definition) is 1. The first-order chi connectivity index (χ1) is 7.50. The van der Waals surface area contributed by atoms with E-state index >= 15 is 0 Å². The number of ether oxygens (including phenoxy) is 1. The van der Waals surface area contributed by atoms with Crippen LogP contribution in [0.2, 0.25) is 0 Å². The van der Waals surface area contributed by atoms with Crippen molar-refractivity contribution in [2.75, 3.05) is 0 Å². The van der Waals surface area contributed by atoms with Gasteiger partial charge in [0.15, 0.2) is 0 Å². The van der Waals surface area contributed by atoms with Crippen LogP contribution in [0.15, 0.2) is 28.7 Å². The summed E-state index contributed by atoms with van der Waals surface area (Å²) >= 11 is 3.44. The van der Waals surface area contributed by atoms with Crippen molar-refractivity contribution in [2.24, 2.45) is 5.41 Å². The Hall–Kier alpha value is -0.380. The molecule has 0 aromatic heterocycles. The molecule has 0 amide bonds. The molecule has 0 heterocycles. The fourth-order valence-electron chi connectivity index (χ4n) is 1.97. The van der Waals surface area contributed by atoms with Gasteiger partial charge in [0.1, 0.15) is 0 Å². The summed E-state index contributed by atoms with van der Waals surface area (Å²) in [6.45, 7) is 4.71. The van der Waals surface area contributed by atoms with Gasteiger partial charge in [-0.2, -0.15) is 0 Å². The van der Waals surface area contributed by atoms with Gasteiger partial charge in [-0.1, -0.05) is 41.9 Å². The van der Waals surface area contributed by atoms with Crippen LogP contribution in [0.5, 0.6) is 0 Å². The van der Waals surface area contributed by atoms with Crippen LogP contribution in [0.1, 0.15) is 25.8 Å². The first-order valence-electron chi connectivity index (χ1n) is 5.54. The number of aliphatic hydroxyl groups excluding tert-OH is 1. The molecule has 0 aliphatic heterocycles. The predicted octanol–water partition coefficient (Wildman–Crippen LogP) is 3.13. The van der Waals surface area contributed by atoms with Crippen molar-refractivity contribution in [1.82, 2.24) is 0 Å². The molecular weight excluding hydrogens is 268 g/mol. The molecule has 0 radical (unpaired) electrons.